The summed E-state index contributed by atoms with van der Waals surface area (Å²) >= 11 is 0. The van der Waals surface area contributed by atoms with Crippen molar-refractivity contribution < 1.29 is 29.3 Å². The molecule has 0 radical (unpaired) electrons. The van der Waals surface area contributed by atoms with Crippen LogP contribution in [-0.4, -0.2) is 34.2 Å². The molecule has 1 saturated heterocycles. The van der Waals surface area contributed by atoms with Crippen molar-refractivity contribution in [3.63, 3.8) is 0 Å². The third kappa shape index (κ3) is 4.49. The van der Waals surface area contributed by atoms with Crippen molar-refractivity contribution in [2.75, 3.05) is 0 Å². The van der Waals surface area contributed by atoms with E-state index in [1.54, 1.807) is 6.08 Å². The molecule has 29 heavy (non-hydrogen) atoms. The molecule has 0 spiro atoms. The van der Waals surface area contributed by atoms with E-state index in [2.05, 4.69) is 0 Å². The molecule has 4 rings (SSSR count). The molecule has 150 valence electrons. The predicted molar refractivity (Wildman–Crippen MR) is 105 cm³/mol. The lowest BCUT2D eigenvalue weighted by molar-refractivity contribution is -0.114. The number of aromatic hydroxyl groups is 2. The number of carbonyl (C=O) groups is 2. The van der Waals surface area contributed by atoms with Crippen molar-refractivity contribution in [3.05, 3.63) is 71.3 Å². The number of phenolic OH excluding ortho intramolecular Hbond substituents is 2. The molecule has 2 aliphatic heterocycles. The molecule has 0 aliphatic carbocycles. The van der Waals surface area contributed by atoms with Gasteiger partial charge < -0.3 is 19.7 Å². The van der Waals surface area contributed by atoms with E-state index in [0.29, 0.717) is 12.8 Å². The normalized spacial score (nSPS) is 25.9. The van der Waals surface area contributed by atoms with Crippen molar-refractivity contribution in [1.29, 1.82) is 0 Å². The second-order valence-corrected chi connectivity index (χ2v) is 7.38. The lowest BCUT2D eigenvalue weighted by atomic mass is 9.98. The van der Waals surface area contributed by atoms with Gasteiger partial charge in [-0.25, -0.2) is 4.79 Å². The first kappa shape index (κ1) is 19.2. The molecule has 0 saturated carbocycles. The number of hydrogen-bond donors (Lipinski definition) is 2. The van der Waals surface area contributed by atoms with Crippen LogP contribution in [0.2, 0.25) is 0 Å². The molecule has 3 atom stereocenters. The van der Waals surface area contributed by atoms with Crippen LogP contribution in [0.25, 0.3) is 0 Å². The third-order valence-corrected chi connectivity index (χ3v) is 5.23. The number of cyclic esters (lactones) is 1. The number of fused-ring (bicyclic) bond motifs is 2. The Labute approximate surface area is 168 Å². The minimum absolute atomic E-state index is 0.0204. The van der Waals surface area contributed by atoms with Crippen molar-refractivity contribution in [2.45, 2.75) is 44.0 Å². The standard InChI is InChI=1S/C23H22O6/c24-16-8-4-5-9-19-21(28-19)13-20(14-6-2-1-3-7-14)29-23(27)22-15(10-16)11-17(25)12-18(22)26/h1-4,6-8,11-12,19-21,25-26H,5,9-10,13H2/b8-4+/t19?,20-,21-/m0/s1. The maximum Gasteiger partial charge on any atom is 0.342 e. The lowest BCUT2D eigenvalue weighted by Gasteiger charge is -2.19. The lowest BCUT2D eigenvalue weighted by Crippen LogP contribution is -2.17. The highest BCUT2D eigenvalue weighted by Gasteiger charge is 2.41. The molecule has 2 N–H and O–H groups in total. The van der Waals surface area contributed by atoms with Gasteiger partial charge >= 0.3 is 5.97 Å². The van der Waals surface area contributed by atoms with Gasteiger partial charge in [0, 0.05) is 18.9 Å². The quantitative estimate of drug-likeness (QED) is 0.567. The number of ketones is 1. The first-order chi connectivity index (χ1) is 14.0. The molecule has 0 bridgehead atoms. The van der Waals surface area contributed by atoms with Crippen LogP contribution in [0.3, 0.4) is 0 Å². The van der Waals surface area contributed by atoms with Crippen molar-refractivity contribution >= 4 is 11.8 Å². The first-order valence-electron chi connectivity index (χ1n) is 9.67. The maximum absolute atomic E-state index is 13.0. The SMILES string of the molecule is O=C1/C=C/CCC2O[C@H]2C[C@@H](c2ccccc2)OC(=O)c2c(O)cc(O)cc2C1. The topological polar surface area (TPSA) is 96.4 Å². The number of ether oxygens (including phenoxy) is 2. The molecule has 1 unspecified atom stereocenters. The van der Waals surface area contributed by atoms with Crippen molar-refractivity contribution in [1.82, 2.24) is 0 Å². The fraction of sp³-hybridized carbons (Fsp3) is 0.304. The summed E-state index contributed by atoms with van der Waals surface area (Å²) in [5, 5.41) is 20.1. The Hall–Kier alpha value is -3.12. The zero-order valence-electron chi connectivity index (χ0n) is 15.8. The van der Waals surface area contributed by atoms with Crippen LogP contribution < -0.4 is 0 Å². The summed E-state index contributed by atoms with van der Waals surface area (Å²) in [6.45, 7) is 0. The number of phenols is 2. The summed E-state index contributed by atoms with van der Waals surface area (Å²) in [7, 11) is 0. The van der Waals surface area contributed by atoms with Crippen LogP contribution in [0.5, 0.6) is 11.5 Å². The maximum atomic E-state index is 13.0. The van der Waals surface area contributed by atoms with Crippen LogP contribution >= 0.6 is 0 Å². The van der Waals surface area contributed by atoms with E-state index in [0.717, 1.165) is 18.1 Å². The number of esters is 1. The van der Waals surface area contributed by atoms with Gasteiger partial charge in [0.1, 0.15) is 23.2 Å². The molecule has 2 aromatic carbocycles. The van der Waals surface area contributed by atoms with Crippen LogP contribution in [-0.2, 0) is 20.7 Å². The fourth-order valence-corrected chi connectivity index (χ4v) is 3.73. The van der Waals surface area contributed by atoms with Crippen LogP contribution in [0.1, 0.15) is 46.9 Å². The van der Waals surface area contributed by atoms with E-state index in [1.807, 2.05) is 30.3 Å². The van der Waals surface area contributed by atoms with Gasteiger partial charge in [-0.1, -0.05) is 36.4 Å². The van der Waals surface area contributed by atoms with E-state index in [4.69, 9.17) is 9.47 Å². The number of carbonyl (C=O) groups excluding carboxylic acids is 2. The first-order valence-corrected chi connectivity index (χ1v) is 9.67. The van der Waals surface area contributed by atoms with Crippen molar-refractivity contribution in [3.8, 4) is 11.5 Å². The van der Waals surface area contributed by atoms with E-state index in [1.165, 1.54) is 12.1 Å². The van der Waals surface area contributed by atoms with Gasteiger partial charge in [-0.3, -0.25) is 4.79 Å². The van der Waals surface area contributed by atoms with Gasteiger partial charge in [-0.15, -0.1) is 0 Å². The summed E-state index contributed by atoms with van der Waals surface area (Å²) < 4.78 is 11.5. The van der Waals surface area contributed by atoms with E-state index in [-0.39, 0.29) is 41.3 Å². The van der Waals surface area contributed by atoms with Gasteiger partial charge in [0.05, 0.1) is 12.2 Å². The van der Waals surface area contributed by atoms with Crippen molar-refractivity contribution in [2.24, 2.45) is 0 Å². The molecular weight excluding hydrogens is 372 g/mol. The minimum atomic E-state index is -0.739. The number of hydrogen-bond acceptors (Lipinski definition) is 6. The summed E-state index contributed by atoms with van der Waals surface area (Å²) in [6, 6.07) is 11.8. The zero-order chi connectivity index (χ0) is 20.4. The zero-order valence-corrected chi connectivity index (χ0v) is 15.8. The average Bonchev–Trinajstić information content (AvgIpc) is 3.42. The fourth-order valence-electron chi connectivity index (χ4n) is 3.73. The molecule has 2 aliphatic rings. The summed E-state index contributed by atoms with van der Waals surface area (Å²) in [5.74, 6) is -1.60. The van der Waals surface area contributed by atoms with Crippen LogP contribution in [0.15, 0.2) is 54.6 Å². The molecule has 6 heteroatoms. The van der Waals surface area contributed by atoms with Crippen LogP contribution in [0, 0.1) is 0 Å². The Balaban J connectivity index is 1.71. The minimum Gasteiger partial charge on any atom is -0.508 e. The molecule has 6 nitrogen and oxygen atoms in total. The molecule has 1 fully saturated rings. The highest BCUT2D eigenvalue weighted by Crippen LogP contribution is 2.38. The highest BCUT2D eigenvalue weighted by atomic mass is 16.6. The predicted octanol–water partition coefficient (Wildman–Crippen LogP) is 3.62. The Morgan fingerprint density at radius 2 is 1.79 bits per heavy atom. The molecular formula is C23H22O6. The van der Waals surface area contributed by atoms with E-state index < -0.39 is 17.8 Å². The highest BCUT2D eigenvalue weighted by molar-refractivity contribution is 5.98. The number of benzene rings is 2. The Morgan fingerprint density at radius 1 is 1.00 bits per heavy atom. The number of epoxide rings is 1. The van der Waals surface area contributed by atoms with Gasteiger partial charge in [0.25, 0.3) is 0 Å². The Kier molecular flexibility index (Phi) is 5.36. The number of rotatable bonds is 1. The average molecular weight is 394 g/mol. The second kappa shape index (κ2) is 8.09. The third-order valence-electron chi connectivity index (χ3n) is 5.23. The van der Waals surface area contributed by atoms with Gasteiger partial charge in [0.2, 0.25) is 0 Å². The molecule has 0 amide bonds. The van der Waals surface area contributed by atoms with Gasteiger partial charge in [-0.05, 0) is 36.1 Å². The van der Waals surface area contributed by atoms with E-state index in [9.17, 15) is 19.8 Å². The Bertz CT molecular complexity index is 949. The molecule has 0 aromatic heterocycles. The van der Waals surface area contributed by atoms with E-state index >= 15 is 0 Å². The molecule has 2 heterocycles. The summed E-state index contributed by atoms with van der Waals surface area (Å²) in [6.07, 6.45) is 4.66. The monoisotopic (exact) mass is 394 g/mol. The van der Waals surface area contributed by atoms with Gasteiger partial charge in [-0.2, -0.15) is 0 Å². The Morgan fingerprint density at radius 3 is 2.59 bits per heavy atom. The van der Waals surface area contributed by atoms with Crippen LogP contribution in [0.4, 0.5) is 0 Å². The second-order valence-electron chi connectivity index (χ2n) is 7.38. The van der Waals surface area contributed by atoms with Gasteiger partial charge in [0.15, 0.2) is 5.78 Å². The summed E-state index contributed by atoms with van der Waals surface area (Å²) in [4.78, 5) is 25.3. The number of allylic oxidation sites excluding steroid dienone is 2. The smallest absolute Gasteiger partial charge is 0.342 e. The largest absolute Gasteiger partial charge is 0.508 e. The molecule has 2 aromatic rings. The summed E-state index contributed by atoms with van der Waals surface area (Å²) in [5.41, 5.74) is 0.959.